The molecule has 2 heterocycles. The zero-order valence-electron chi connectivity index (χ0n) is 15.1. The number of ether oxygens (including phenoxy) is 1. The number of carbonyl (C=O) groups excluding carboxylic acids is 1. The summed E-state index contributed by atoms with van der Waals surface area (Å²) in [6.07, 6.45) is 1.11. The van der Waals surface area contributed by atoms with Crippen molar-refractivity contribution in [3.05, 3.63) is 35.7 Å². The Labute approximate surface area is 150 Å². The van der Waals surface area contributed by atoms with Gasteiger partial charge in [-0.05, 0) is 45.7 Å². The minimum absolute atomic E-state index is 0.105. The van der Waals surface area contributed by atoms with Crippen molar-refractivity contribution in [2.24, 2.45) is 0 Å². The SMILES string of the molecule is CC(C)(C)OC(=O)N1CCC(c2nc(-c3cc(F)cc(F)c3)n[nH]2)CC1. The largest absolute Gasteiger partial charge is 0.444 e. The number of amides is 1. The maximum atomic E-state index is 13.4. The second-order valence-corrected chi connectivity index (χ2v) is 7.44. The molecular weight excluding hydrogens is 342 g/mol. The van der Waals surface area contributed by atoms with Gasteiger partial charge in [-0.25, -0.2) is 18.6 Å². The van der Waals surface area contributed by atoms with Gasteiger partial charge in [0.05, 0.1) is 0 Å². The van der Waals surface area contributed by atoms with Gasteiger partial charge in [0, 0.05) is 30.6 Å². The molecule has 1 aromatic carbocycles. The van der Waals surface area contributed by atoms with Crippen molar-refractivity contribution in [2.75, 3.05) is 13.1 Å². The Kier molecular flexibility index (Phi) is 4.93. The molecule has 1 amide bonds. The molecule has 0 bridgehead atoms. The summed E-state index contributed by atoms with van der Waals surface area (Å²) in [5.41, 5.74) is -0.232. The quantitative estimate of drug-likeness (QED) is 0.878. The maximum Gasteiger partial charge on any atom is 0.410 e. The van der Waals surface area contributed by atoms with Crippen LogP contribution in [0, 0.1) is 11.6 Å². The third kappa shape index (κ3) is 4.36. The molecule has 0 spiro atoms. The number of rotatable bonds is 2. The molecule has 2 aromatic rings. The zero-order valence-corrected chi connectivity index (χ0v) is 15.1. The third-order valence-corrected chi connectivity index (χ3v) is 4.16. The van der Waals surface area contributed by atoms with E-state index in [-0.39, 0.29) is 23.4 Å². The number of likely N-dealkylation sites (tertiary alicyclic amines) is 1. The van der Waals surface area contributed by atoms with Crippen LogP contribution >= 0.6 is 0 Å². The van der Waals surface area contributed by atoms with Gasteiger partial charge in [0.1, 0.15) is 23.1 Å². The van der Waals surface area contributed by atoms with Crippen molar-refractivity contribution < 1.29 is 18.3 Å². The van der Waals surface area contributed by atoms with Crippen LogP contribution in [0.1, 0.15) is 45.4 Å². The lowest BCUT2D eigenvalue weighted by molar-refractivity contribution is 0.0203. The van der Waals surface area contributed by atoms with Crippen LogP contribution in [0.15, 0.2) is 18.2 Å². The normalized spacial score (nSPS) is 16.0. The second-order valence-electron chi connectivity index (χ2n) is 7.44. The molecule has 6 nitrogen and oxygen atoms in total. The number of nitrogens with zero attached hydrogens (tertiary/aromatic N) is 3. The Balaban J connectivity index is 1.64. The zero-order chi connectivity index (χ0) is 18.9. The van der Waals surface area contributed by atoms with Crippen LogP contribution < -0.4 is 0 Å². The summed E-state index contributed by atoms with van der Waals surface area (Å²) in [4.78, 5) is 18.2. The Hall–Kier alpha value is -2.51. The molecular formula is C18H22F2N4O2. The van der Waals surface area contributed by atoms with E-state index >= 15 is 0 Å². The van der Waals surface area contributed by atoms with Crippen LogP contribution in [0.4, 0.5) is 13.6 Å². The first-order valence-electron chi connectivity index (χ1n) is 8.58. The van der Waals surface area contributed by atoms with Crippen molar-refractivity contribution >= 4 is 6.09 Å². The molecule has 0 saturated carbocycles. The average molecular weight is 364 g/mol. The highest BCUT2D eigenvalue weighted by atomic mass is 19.1. The summed E-state index contributed by atoms with van der Waals surface area (Å²) in [7, 11) is 0. The number of hydrogen-bond donors (Lipinski definition) is 1. The lowest BCUT2D eigenvalue weighted by Gasteiger charge is -2.32. The molecule has 1 aliphatic heterocycles. The average Bonchev–Trinajstić information content (AvgIpc) is 3.02. The molecule has 1 aromatic heterocycles. The molecule has 0 atom stereocenters. The van der Waals surface area contributed by atoms with Gasteiger partial charge in [-0.2, -0.15) is 5.10 Å². The molecule has 26 heavy (non-hydrogen) atoms. The predicted molar refractivity (Wildman–Crippen MR) is 91.5 cm³/mol. The molecule has 0 radical (unpaired) electrons. The third-order valence-electron chi connectivity index (χ3n) is 4.16. The van der Waals surface area contributed by atoms with E-state index in [1.807, 2.05) is 20.8 Å². The molecule has 0 aliphatic carbocycles. The Bertz CT molecular complexity index is 772. The number of halogens is 2. The van der Waals surface area contributed by atoms with E-state index in [1.54, 1.807) is 4.90 Å². The van der Waals surface area contributed by atoms with Gasteiger partial charge in [-0.1, -0.05) is 0 Å². The van der Waals surface area contributed by atoms with Crippen molar-refractivity contribution in [3.63, 3.8) is 0 Å². The van der Waals surface area contributed by atoms with Crippen molar-refractivity contribution in [1.29, 1.82) is 0 Å². The molecule has 1 fully saturated rings. The topological polar surface area (TPSA) is 71.1 Å². The minimum Gasteiger partial charge on any atom is -0.444 e. The van der Waals surface area contributed by atoms with Crippen molar-refractivity contribution in [3.8, 4) is 11.4 Å². The minimum atomic E-state index is -0.669. The van der Waals surface area contributed by atoms with E-state index in [1.165, 1.54) is 12.1 Å². The van der Waals surface area contributed by atoms with E-state index in [0.717, 1.165) is 6.07 Å². The van der Waals surface area contributed by atoms with Crippen LogP contribution in [-0.2, 0) is 4.74 Å². The number of piperidine rings is 1. The number of aromatic amines is 1. The molecule has 8 heteroatoms. The van der Waals surface area contributed by atoms with Crippen LogP contribution in [0.2, 0.25) is 0 Å². The van der Waals surface area contributed by atoms with Gasteiger partial charge in [0.2, 0.25) is 0 Å². The number of hydrogen-bond acceptors (Lipinski definition) is 4. The standard InChI is InChI=1S/C18H22F2N4O2/c1-18(2,3)26-17(25)24-6-4-11(5-7-24)15-21-16(23-22-15)12-8-13(19)10-14(20)9-12/h8-11H,4-7H2,1-3H3,(H,21,22,23). The molecule has 1 saturated heterocycles. The van der Waals surface area contributed by atoms with Gasteiger partial charge in [-0.15, -0.1) is 0 Å². The number of carbonyl (C=O) groups is 1. The number of nitrogens with one attached hydrogen (secondary N) is 1. The van der Waals surface area contributed by atoms with Gasteiger partial charge in [0.25, 0.3) is 0 Å². The molecule has 140 valence electrons. The summed E-state index contributed by atoms with van der Waals surface area (Å²) >= 11 is 0. The summed E-state index contributed by atoms with van der Waals surface area (Å²) in [5, 5.41) is 6.93. The predicted octanol–water partition coefficient (Wildman–Crippen LogP) is 3.86. The summed E-state index contributed by atoms with van der Waals surface area (Å²) in [5.74, 6) is -0.316. The van der Waals surface area contributed by atoms with Crippen LogP contribution in [0.25, 0.3) is 11.4 Å². The summed E-state index contributed by atoms with van der Waals surface area (Å²) in [6, 6.07) is 3.20. The Morgan fingerprint density at radius 2 is 1.81 bits per heavy atom. The molecule has 1 N–H and O–H groups in total. The number of H-pyrrole nitrogens is 1. The lowest BCUT2D eigenvalue weighted by Crippen LogP contribution is -2.41. The van der Waals surface area contributed by atoms with Gasteiger partial charge < -0.3 is 9.64 Å². The fourth-order valence-corrected chi connectivity index (χ4v) is 2.93. The maximum absolute atomic E-state index is 13.4. The second kappa shape index (κ2) is 7.01. The lowest BCUT2D eigenvalue weighted by atomic mass is 9.96. The first kappa shape index (κ1) is 18.3. The van der Waals surface area contributed by atoms with Crippen LogP contribution in [0.3, 0.4) is 0 Å². The molecule has 1 aliphatic rings. The fraction of sp³-hybridized carbons (Fsp3) is 0.500. The van der Waals surface area contributed by atoms with Crippen molar-refractivity contribution in [1.82, 2.24) is 20.1 Å². The van der Waals surface area contributed by atoms with Crippen LogP contribution in [-0.4, -0.2) is 44.9 Å². The Morgan fingerprint density at radius 1 is 1.19 bits per heavy atom. The number of aromatic nitrogens is 3. The van der Waals surface area contributed by atoms with Crippen LogP contribution in [0.5, 0.6) is 0 Å². The molecule has 3 rings (SSSR count). The Morgan fingerprint density at radius 3 is 2.38 bits per heavy atom. The van der Waals surface area contributed by atoms with Gasteiger partial charge in [0.15, 0.2) is 5.82 Å². The van der Waals surface area contributed by atoms with E-state index in [9.17, 15) is 13.6 Å². The highest BCUT2D eigenvalue weighted by Gasteiger charge is 2.29. The number of benzene rings is 1. The first-order chi connectivity index (χ1) is 12.2. The van der Waals surface area contributed by atoms with Gasteiger partial charge >= 0.3 is 6.09 Å². The van der Waals surface area contributed by atoms with E-state index in [2.05, 4.69) is 15.2 Å². The first-order valence-corrected chi connectivity index (χ1v) is 8.58. The fourth-order valence-electron chi connectivity index (χ4n) is 2.93. The highest BCUT2D eigenvalue weighted by Crippen LogP contribution is 2.28. The summed E-state index contributed by atoms with van der Waals surface area (Å²) in [6.45, 7) is 6.63. The van der Waals surface area contributed by atoms with E-state index in [0.29, 0.717) is 31.8 Å². The van der Waals surface area contributed by atoms with E-state index in [4.69, 9.17) is 4.74 Å². The smallest absolute Gasteiger partial charge is 0.410 e. The monoisotopic (exact) mass is 364 g/mol. The summed E-state index contributed by atoms with van der Waals surface area (Å²) < 4.78 is 32.1. The van der Waals surface area contributed by atoms with Crippen molar-refractivity contribution in [2.45, 2.75) is 45.1 Å². The highest BCUT2D eigenvalue weighted by molar-refractivity contribution is 5.68. The molecule has 0 unspecified atom stereocenters. The van der Waals surface area contributed by atoms with Gasteiger partial charge in [-0.3, -0.25) is 5.10 Å². The van der Waals surface area contributed by atoms with E-state index < -0.39 is 17.2 Å².